The molecule has 0 spiro atoms. The van der Waals surface area contributed by atoms with Gasteiger partial charge in [-0.25, -0.2) is 14.5 Å². The van der Waals surface area contributed by atoms with Crippen LogP contribution < -0.4 is 0 Å². The Hall–Kier alpha value is -5.03. The number of ether oxygens (including phenoxy) is 1. The standard InChI is InChI=1S/C31H21N3O2/c35-31-28(32-30(36-31)25-12-6-2-7-13-25)20-26-21-34(27-14-8-3-9-15-27)33-29(26)24-18-16-23(17-19-24)22-10-4-1-5-11-22/h1-21H. The number of esters is 1. The monoisotopic (exact) mass is 467 g/mol. The van der Waals surface area contributed by atoms with Crippen molar-refractivity contribution in [1.29, 1.82) is 0 Å². The van der Waals surface area contributed by atoms with Crippen molar-refractivity contribution in [3.63, 3.8) is 0 Å². The Morgan fingerprint density at radius 3 is 1.86 bits per heavy atom. The number of hydrogen-bond acceptors (Lipinski definition) is 4. The van der Waals surface area contributed by atoms with Gasteiger partial charge in [-0.05, 0) is 41.5 Å². The van der Waals surface area contributed by atoms with Crippen molar-refractivity contribution in [2.24, 2.45) is 4.99 Å². The van der Waals surface area contributed by atoms with E-state index in [-0.39, 0.29) is 5.70 Å². The highest BCUT2D eigenvalue weighted by Crippen LogP contribution is 2.30. The van der Waals surface area contributed by atoms with Gasteiger partial charge in [0, 0.05) is 22.9 Å². The molecular formula is C31H21N3O2. The van der Waals surface area contributed by atoms with Gasteiger partial charge in [-0.1, -0.05) is 91.0 Å². The first-order valence-corrected chi connectivity index (χ1v) is 11.6. The molecule has 0 saturated carbocycles. The quantitative estimate of drug-likeness (QED) is 0.218. The number of benzene rings is 4. The molecule has 5 nitrogen and oxygen atoms in total. The van der Waals surface area contributed by atoms with E-state index in [4.69, 9.17) is 9.84 Å². The summed E-state index contributed by atoms with van der Waals surface area (Å²) in [5, 5.41) is 4.87. The molecule has 0 radical (unpaired) electrons. The van der Waals surface area contributed by atoms with Crippen LogP contribution in [-0.4, -0.2) is 21.6 Å². The van der Waals surface area contributed by atoms with Crippen molar-refractivity contribution in [1.82, 2.24) is 9.78 Å². The molecule has 1 aliphatic heterocycles. The summed E-state index contributed by atoms with van der Waals surface area (Å²) in [6.07, 6.45) is 3.65. The van der Waals surface area contributed by atoms with Gasteiger partial charge in [-0.15, -0.1) is 0 Å². The molecule has 0 aliphatic carbocycles. The van der Waals surface area contributed by atoms with Gasteiger partial charge in [0.1, 0.15) is 5.69 Å². The average Bonchev–Trinajstić information content (AvgIpc) is 3.54. The van der Waals surface area contributed by atoms with Crippen LogP contribution in [-0.2, 0) is 9.53 Å². The smallest absolute Gasteiger partial charge is 0.363 e. The Labute approximate surface area is 208 Å². The van der Waals surface area contributed by atoms with Crippen LogP contribution in [0.15, 0.2) is 132 Å². The van der Waals surface area contributed by atoms with Crippen LogP contribution in [0.1, 0.15) is 11.1 Å². The molecule has 1 aromatic heterocycles. The maximum atomic E-state index is 12.7. The fraction of sp³-hybridized carbons (Fsp3) is 0. The van der Waals surface area contributed by atoms with E-state index in [1.165, 1.54) is 0 Å². The number of carbonyl (C=O) groups is 1. The number of rotatable bonds is 5. The third-order valence-electron chi connectivity index (χ3n) is 5.96. The molecule has 6 rings (SSSR count). The zero-order valence-corrected chi connectivity index (χ0v) is 19.3. The molecule has 36 heavy (non-hydrogen) atoms. The maximum absolute atomic E-state index is 12.7. The van der Waals surface area contributed by atoms with Crippen LogP contribution in [0.2, 0.25) is 0 Å². The van der Waals surface area contributed by atoms with Gasteiger partial charge >= 0.3 is 5.97 Å². The van der Waals surface area contributed by atoms with Crippen molar-refractivity contribution < 1.29 is 9.53 Å². The molecular weight excluding hydrogens is 446 g/mol. The normalized spacial score (nSPS) is 14.1. The first kappa shape index (κ1) is 21.5. The predicted octanol–water partition coefficient (Wildman–Crippen LogP) is 6.55. The zero-order chi connectivity index (χ0) is 24.3. The summed E-state index contributed by atoms with van der Waals surface area (Å²) in [5.41, 5.74) is 6.66. The molecule has 4 aromatic carbocycles. The van der Waals surface area contributed by atoms with Crippen LogP contribution in [0.25, 0.3) is 34.1 Å². The number of carbonyl (C=O) groups excluding carboxylic acids is 1. The second-order valence-electron chi connectivity index (χ2n) is 8.36. The molecule has 5 aromatic rings. The van der Waals surface area contributed by atoms with Crippen LogP contribution in [0.5, 0.6) is 0 Å². The third kappa shape index (κ3) is 4.26. The summed E-state index contributed by atoms with van der Waals surface area (Å²) in [4.78, 5) is 17.1. The van der Waals surface area contributed by atoms with Gasteiger partial charge in [0.05, 0.1) is 5.69 Å². The number of hydrogen-bond donors (Lipinski definition) is 0. The van der Waals surface area contributed by atoms with Crippen molar-refractivity contribution in [3.05, 3.63) is 138 Å². The lowest BCUT2D eigenvalue weighted by Gasteiger charge is -2.04. The van der Waals surface area contributed by atoms with Gasteiger partial charge in [-0.2, -0.15) is 5.10 Å². The Balaban J connectivity index is 1.42. The fourth-order valence-electron chi connectivity index (χ4n) is 4.14. The highest BCUT2D eigenvalue weighted by Gasteiger charge is 2.25. The van der Waals surface area contributed by atoms with E-state index in [1.807, 2.05) is 102 Å². The molecule has 1 aliphatic rings. The second-order valence-corrected chi connectivity index (χ2v) is 8.36. The Bertz CT molecular complexity index is 1580. The van der Waals surface area contributed by atoms with Gasteiger partial charge < -0.3 is 4.74 Å². The summed E-state index contributed by atoms with van der Waals surface area (Å²) in [6.45, 7) is 0. The largest absolute Gasteiger partial charge is 0.402 e. The van der Waals surface area contributed by atoms with E-state index in [1.54, 1.807) is 6.08 Å². The number of para-hydroxylation sites is 1. The lowest BCUT2D eigenvalue weighted by atomic mass is 10.0. The van der Waals surface area contributed by atoms with E-state index < -0.39 is 5.97 Å². The summed E-state index contributed by atoms with van der Waals surface area (Å²) < 4.78 is 7.26. The fourth-order valence-corrected chi connectivity index (χ4v) is 4.14. The van der Waals surface area contributed by atoms with Crippen molar-refractivity contribution >= 4 is 17.9 Å². The third-order valence-corrected chi connectivity index (χ3v) is 5.96. The van der Waals surface area contributed by atoms with E-state index >= 15 is 0 Å². The molecule has 0 unspecified atom stereocenters. The van der Waals surface area contributed by atoms with E-state index in [9.17, 15) is 4.79 Å². The first-order valence-electron chi connectivity index (χ1n) is 11.6. The number of nitrogens with zero attached hydrogens (tertiary/aromatic N) is 3. The lowest BCUT2D eigenvalue weighted by Crippen LogP contribution is -2.04. The minimum Gasteiger partial charge on any atom is -0.402 e. The Morgan fingerprint density at radius 2 is 1.19 bits per heavy atom. The second kappa shape index (κ2) is 9.31. The molecule has 0 atom stereocenters. The number of aliphatic imine (C=N–C) groups is 1. The summed E-state index contributed by atoms with van der Waals surface area (Å²) in [7, 11) is 0. The van der Waals surface area contributed by atoms with Gasteiger partial charge in [0.15, 0.2) is 5.70 Å². The molecule has 0 saturated heterocycles. The van der Waals surface area contributed by atoms with Crippen molar-refractivity contribution in [2.75, 3.05) is 0 Å². The zero-order valence-electron chi connectivity index (χ0n) is 19.3. The molecule has 0 fully saturated rings. The highest BCUT2D eigenvalue weighted by molar-refractivity contribution is 6.13. The number of aromatic nitrogens is 2. The van der Waals surface area contributed by atoms with E-state index in [0.29, 0.717) is 5.90 Å². The minimum absolute atomic E-state index is 0.239. The first-order chi connectivity index (χ1) is 17.7. The van der Waals surface area contributed by atoms with Crippen LogP contribution in [0.3, 0.4) is 0 Å². The highest BCUT2D eigenvalue weighted by atomic mass is 16.6. The van der Waals surface area contributed by atoms with Crippen molar-refractivity contribution in [2.45, 2.75) is 0 Å². The topological polar surface area (TPSA) is 56.5 Å². The molecule has 0 N–H and O–H groups in total. The molecule has 2 heterocycles. The van der Waals surface area contributed by atoms with E-state index in [0.717, 1.165) is 39.2 Å². The predicted molar refractivity (Wildman–Crippen MR) is 141 cm³/mol. The van der Waals surface area contributed by atoms with E-state index in [2.05, 4.69) is 29.3 Å². The van der Waals surface area contributed by atoms with Gasteiger partial charge in [-0.3, -0.25) is 0 Å². The Kier molecular flexibility index (Phi) is 5.56. The average molecular weight is 468 g/mol. The number of cyclic esters (lactones) is 1. The minimum atomic E-state index is -0.480. The van der Waals surface area contributed by atoms with Crippen LogP contribution in [0.4, 0.5) is 0 Å². The summed E-state index contributed by atoms with van der Waals surface area (Å²) in [6, 6.07) is 37.8. The molecule has 0 bridgehead atoms. The maximum Gasteiger partial charge on any atom is 0.363 e. The molecule has 0 amide bonds. The lowest BCUT2D eigenvalue weighted by molar-refractivity contribution is -0.129. The van der Waals surface area contributed by atoms with Gasteiger partial charge in [0.25, 0.3) is 0 Å². The Morgan fingerprint density at radius 1 is 0.639 bits per heavy atom. The molecule has 5 heteroatoms. The molecule has 172 valence electrons. The van der Waals surface area contributed by atoms with Crippen LogP contribution >= 0.6 is 0 Å². The summed E-state index contributed by atoms with van der Waals surface area (Å²) >= 11 is 0. The van der Waals surface area contributed by atoms with Crippen molar-refractivity contribution in [3.8, 4) is 28.1 Å². The van der Waals surface area contributed by atoms with Crippen LogP contribution in [0, 0.1) is 0 Å². The van der Waals surface area contributed by atoms with Gasteiger partial charge in [0.2, 0.25) is 5.90 Å². The SMILES string of the molecule is O=C1OC(c2ccccc2)=NC1=Cc1cn(-c2ccccc2)nc1-c1ccc(-c2ccccc2)cc1. The summed E-state index contributed by atoms with van der Waals surface area (Å²) in [5.74, 6) is -0.178.